The van der Waals surface area contributed by atoms with Gasteiger partial charge in [0.25, 0.3) is 11.7 Å². The molecule has 18 heavy (non-hydrogen) atoms. The van der Waals surface area contributed by atoms with Crippen molar-refractivity contribution in [3.8, 4) is 0 Å². The average molecular weight is 272 g/mol. The molecular weight excluding hydrogens is 265 g/mol. The van der Waals surface area contributed by atoms with Crippen LogP contribution in [0, 0.1) is 5.82 Å². The van der Waals surface area contributed by atoms with Crippen molar-refractivity contribution < 1.29 is 23.9 Å². The molecule has 94 valence electrons. The summed E-state index contributed by atoms with van der Waals surface area (Å²) in [5.74, 6) is -3.62. The van der Waals surface area contributed by atoms with Crippen molar-refractivity contribution in [2.45, 2.75) is 6.42 Å². The molecule has 1 heterocycles. The van der Waals surface area contributed by atoms with Crippen molar-refractivity contribution in [2.24, 2.45) is 0 Å². The topological polar surface area (TPSA) is 74.7 Å². The largest absolute Gasteiger partial charge is 0.481 e. The second kappa shape index (κ2) is 4.38. The highest BCUT2D eigenvalue weighted by Gasteiger charge is 2.36. The number of carbonyl (C=O) groups excluding carboxylic acids is 2. The third-order valence-corrected chi connectivity index (χ3v) is 2.85. The van der Waals surface area contributed by atoms with Gasteiger partial charge in [-0.25, -0.2) is 4.39 Å². The summed E-state index contributed by atoms with van der Waals surface area (Å²) in [7, 11) is 0. The predicted molar refractivity (Wildman–Crippen MR) is 60.3 cm³/mol. The zero-order valence-electron chi connectivity index (χ0n) is 8.94. The monoisotopic (exact) mass is 271 g/mol. The number of carboxylic acid groups (broad SMARTS) is 1. The van der Waals surface area contributed by atoms with E-state index in [0.29, 0.717) is 0 Å². The van der Waals surface area contributed by atoms with Gasteiger partial charge in [0.2, 0.25) is 0 Å². The van der Waals surface area contributed by atoms with Crippen LogP contribution >= 0.6 is 11.6 Å². The number of hydrogen-bond donors (Lipinski definition) is 1. The molecular formula is C11H7ClFNO4. The fourth-order valence-electron chi connectivity index (χ4n) is 1.72. The normalized spacial score (nSPS) is 14.0. The fraction of sp³-hybridized carbons (Fsp3) is 0.182. The summed E-state index contributed by atoms with van der Waals surface area (Å²) < 4.78 is 13.2. The molecule has 0 spiro atoms. The minimum atomic E-state index is -1.10. The number of ketones is 1. The number of Topliss-reactive ketones (excluding diaryl/α,β-unsaturated/α-hetero) is 1. The molecule has 1 aromatic carbocycles. The Kier molecular flexibility index (Phi) is 3.04. The van der Waals surface area contributed by atoms with Gasteiger partial charge in [0.1, 0.15) is 5.82 Å². The lowest BCUT2D eigenvalue weighted by Crippen LogP contribution is -2.31. The molecule has 1 amide bonds. The molecule has 1 N–H and O–H groups in total. The van der Waals surface area contributed by atoms with Gasteiger partial charge in [0.15, 0.2) is 0 Å². The van der Waals surface area contributed by atoms with E-state index in [9.17, 15) is 18.8 Å². The lowest BCUT2D eigenvalue weighted by atomic mass is 10.1. The van der Waals surface area contributed by atoms with Gasteiger partial charge < -0.3 is 10.0 Å². The lowest BCUT2D eigenvalue weighted by Gasteiger charge is -2.15. The van der Waals surface area contributed by atoms with Crippen LogP contribution in [0.25, 0.3) is 0 Å². The second-order valence-electron chi connectivity index (χ2n) is 3.71. The summed E-state index contributed by atoms with van der Waals surface area (Å²) in [5.41, 5.74) is 0.0601. The number of amides is 1. The van der Waals surface area contributed by atoms with Crippen LogP contribution in [-0.2, 0) is 9.59 Å². The second-order valence-corrected chi connectivity index (χ2v) is 4.12. The number of anilines is 1. The number of hydrogen-bond acceptors (Lipinski definition) is 3. The minimum Gasteiger partial charge on any atom is -0.481 e. The molecule has 0 atom stereocenters. The molecule has 0 saturated heterocycles. The molecule has 0 aliphatic carbocycles. The van der Waals surface area contributed by atoms with Gasteiger partial charge in [-0.1, -0.05) is 11.6 Å². The van der Waals surface area contributed by atoms with Crippen LogP contribution in [0.1, 0.15) is 16.8 Å². The number of nitrogens with zero attached hydrogens (tertiary/aromatic N) is 1. The van der Waals surface area contributed by atoms with E-state index in [1.165, 1.54) is 0 Å². The summed E-state index contributed by atoms with van der Waals surface area (Å²) in [6.45, 7) is -0.158. The number of aliphatic carboxylic acids is 1. The van der Waals surface area contributed by atoms with Crippen LogP contribution in [0.15, 0.2) is 12.1 Å². The van der Waals surface area contributed by atoms with Crippen LogP contribution in [-0.4, -0.2) is 29.3 Å². The third kappa shape index (κ3) is 1.95. The Morgan fingerprint density at radius 1 is 1.39 bits per heavy atom. The Morgan fingerprint density at radius 3 is 2.67 bits per heavy atom. The molecule has 0 unspecified atom stereocenters. The molecule has 7 heteroatoms. The van der Waals surface area contributed by atoms with Gasteiger partial charge in [0, 0.05) is 6.54 Å². The van der Waals surface area contributed by atoms with Gasteiger partial charge in [-0.3, -0.25) is 14.4 Å². The maximum atomic E-state index is 13.2. The van der Waals surface area contributed by atoms with E-state index in [0.717, 1.165) is 17.0 Å². The maximum Gasteiger partial charge on any atom is 0.305 e. The highest BCUT2D eigenvalue weighted by atomic mass is 35.5. The standard InChI is InChI=1S/C11H7ClFNO4/c12-6-4-8-5(3-7(6)13)10(17)11(18)14(8)2-1-9(15)16/h3-4H,1-2H2,(H,15,16). The molecule has 5 nitrogen and oxygen atoms in total. The van der Waals surface area contributed by atoms with Crippen LogP contribution in [0.3, 0.4) is 0 Å². The molecule has 2 rings (SSSR count). The molecule has 0 fully saturated rings. The Balaban J connectivity index is 2.41. The van der Waals surface area contributed by atoms with Gasteiger partial charge in [-0.05, 0) is 12.1 Å². The molecule has 0 aromatic heterocycles. The molecule has 1 aromatic rings. The highest BCUT2D eigenvalue weighted by Crippen LogP contribution is 2.33. The van der Waals surface area contributed by atoms with E-state index >= 15 is 0 Å². The van der Waals surface area contributed by atoms with Gasteiger partial charge in [-0.2, -0.15) is 0 Å². The zero-order valence-corrected chi connectivity index (χ0v) is 9.70. The van der Waals surface area contributed by atoms with Crippen molar-refractivity contribution in [1.82, 2.24) is 0 Å². The van der Waals surface area contributed by atoms with Crippen LogP contribution in [0.5, 0.6) is 0 Å². The molecule has 1 aliphatic heterocycles. The molecule has 0 saturated carbocycles. The summed E-state index contributed by atoms with van der Waals surface area (Å²) in [5, 5.41) is 8.34. The van der Waals surface area contributed by atoms with Crippen molar-refractivity contribution in [3.63, 3.8) is 0 Å². The Bertz CT molecular complexity index is 572. The third-order valence-electron chi connectivity index (χ3n) is 2.56. The quantitative estimate of drug-likeness (QED) is 0.845. The van der Waals surface area contributed by atoms with Crippen LogP contribution in [0.2, 0.25) is 5.02 Å². The number of carbonyl (C=O) groups is 3. The van der Waals surface area contributed by atoms with Gasteiger partial charge in [0.05, 0.1) is 22.7 Å². The zero-order chi connectivity index (χ0) is 13.4. The van der Waals surface area contributed by atoms with E-state index in [1.54, 1.807) is 0 Å². The van der Waals surface area contributed by atoms with E-state index in [-0.39, 0.29) is 29.2 Å². The lowest BCUT2D eigenvalue weighted by molar-refractivity contribution is -0.136. The summed E-state index contributed by atoms with van der Waals surface area (Å²) in [6, 6.07) is 2.04. The first-order valence-electron chi connectivity index (χ1n) is 4.99. The first kappa shape index (κ1) is 12.5. The summed E-state index contributed by atoms with van der Waals surface area (Å²) in [6.07, 6.45) is -0.312. The molecule has 1 aliphatic rings. The highest BCUT2D eigenvalue weighted by molar-refractivity contribution is 6.52. The maximum absolute atomic E-state index is 13.2. The number of carboxylic acids is 1. The van der Waals surface area contributed by atoms with Gasteiger partial charge in [-0.15, -0.1) is 0 Å². The Hall–Kier alpha value is -1.95. The Labute approximate surface area is 106 Å². The van der Waals surface area contributed by atoms with Crippen molar-refractivity contribution >= 4 is 34.9 Å². The van der Waals surface area contributed by atoms with E-state index in [4.69, 9.17) is 16.7 Å². The van der Waals surface area contributed by atoms with Crippen LogP contribution in [0.4, 0.5) is 10.1 Å². The summed E-state index contributed by atoms with van der Waals surface area (Å²) >= 11 is 5.58. The van der Waals surface area contributed by atoms with E-state index in [1.807, 2.05) is 0 Å². The molecule has 0 radical (unpaired) electrons. The Morgan fingerprint density at radius 2 is 2.06 bits per heavy atom. The van der Waals surface area contributed by atoms with Crippen molar-refractivity contribution in [1.29, 1.82) is 0 Å². The fourth-order valence-corrected chi connectivity index (χ4v) is 1.88. The summed E-state index contributed by atoms with van der Waals surface area (Å²) in [4.78, 5) is 34.6. The predicted octanol–water partition coefficient (Wildman–Crippen LogP) is 1.48. The number of benzene rings is 1. The SMILES string of the molecule is O=C(O)CCN1C(=O)C(=O)c2cc(F)c(Cl)cc21. The van der Waals surface area contributed by atoms with E-state index in [2.05, 4.69) is 0 Å². The number of rotatable bonds is 3. The first-order valence-corrected chi connectivity index (χ1v) is 5.36. The molecule has 0 bridgehead atoms. The van der Waals surface area contributed by atoms with Crippen molar-refractivity contribution in [3.05, 3.63) is 28.5 Å². The minimum absolute atomic E-state index is 0.0905. The van der Waals surface area contributed by atoms with E-state index < -0.39 is 23.5 Å². The smallest absolute Gasteiger partial charge is 0.305 e. The number of halogens is 2. The van der Waals surface area contributed by atoms with Crippen LogP contribution < -0.4 is 4.90 Å². The van der Waals surface area contributed by atoms with Crippen molar-refractivity contribution in [2.75, 3.05) is 11.4 Å². The first-order chi connectivity index (χ1) is 8.41. The van der Waals surface area contributed by atoms with Gasteiger partial charge >= 0.3 is 5.97 Å². The average Bonchev–Trinajstić information content (AvgIpc) is 2.51. The number of fused-ring (bicyclic) bond motifs is 1.